The van der Waals surface area contributed by atoms with Crippen LogP contribution in [0.4, 0.5) is 0 Å². The zero-order valence-electron chi connectivity index (χ0n) is 17.1. The Labute approximate surface area is 188 Å². The number of rotatable bonds is 8. The Morgan fingerprint density at radius 3 is 2.50 bits per heavy atom. The van der Waals surface area contributed by atoms with Crippen molar-refractivity contribution in [1.82, 2.24) is 5.32 Å². The lowest BCUT2D eigenvalue weighted by atomic mass is 9.97. The second-order valence-electron chi connectivity index (χ2n) is 7.79. The number of ether oxygens (including phenoxy) is 1. The Morgan fingerprint density at radius 2 is 1.70 bits per heavy atom. The number of nitrogens with one attached hydrogen (secondary N) is 1. The van der Waals surface area contributed by atoms with Crippen LogP contribution in [0, 0.1) is 0 Å². The van der Waals surface area contributed by atoms with E-state index in [1.165, 1.54) is 42.0 Å². The zero-order chi connectivity index (χ0) is 20.8. The highest BCUT2D eigenvalue weighted by Gasteiger charge is 2.12. The molecule has 0 aliphatic heterocycles. The van der Waals surface area contributed by atoms with Crippen molar-refractivity contribution in [3.63, 3.8) is 0 Å². The van der Waals surface area contributed by atoms with Gasteiger partial charge in [-0.25, -0.2) is 0 Å². The summed E-state index contributed by atoms with van der Waals surface area (Å²) in [4.78, 5) is 0. The third kappa shape index (κ3) is 5.18. The van der Waals surface area contributed by atoms with E-state index in [0.29, 0.717) is 16.7 Å². The highest BCUT2D eigenvalue weighted by atomic mass is 35.5. The van der Waals surface area contributed by atoms with Gasteiger partial charge in [-0.1, -0.05) is 71.2 Å². The summed E-state index contributed by atoms with van der Waals surface area (Å²) < 4.78 is 6.22. The molecule has 0 atom stereocenters. The van der Waals surface area contributed by atoms with Gasteiger partial charge >= 0.3 is 0 Å². The van der Waals surface area contributed by atoms with Crippen LogP contribution >= 0.6 is 23.2 Å². The molecular weight excluding hydrogens is 413 g/mol. The molecular formula is C26H27Cl2NO. The fraction of sp³-hybridized carbons (Fsp3) is 0.308. The van der Waals surface area contributed by atoms with E-state index in [0.717, 1.165) is 30.8 Å². The van der Waals surface area contributed by atoms with E-state index in [1.54, 1.807) is 5.57 Å². The molecule has 2 nitrogen and oxygen atoms in total. The van der Waals surface area contributed by atoms with Crippen LogP contribution in [0.3, 0.4) is 0 Å². The van der Waals surface area contributed by atoms with E-state index in [1.807, 2.05) is 24.3 Å². The zero-order valence-corrected chi connectivity index (χ0v) is 18.6. The third-order valence-electron chi connectivity index (χ3n) is 5.74. The number of fused-ring (bicyclic) bond motifs is 1. The van der Waals surface area contributed by atoms with E-state index >= 15 is 0 Å². The summed E-state index contributed by atoms with van der Waals surface area (Å²) in [5, 5.41) is 7.31. The topological polar surface area (TPSA) is 21.3 Å². The van der Waals surface area contributed by atoms with Crippen LogP contribution in [0.25, 0.3) is 10.8 Å². The number of benzene rings is 3. The van der Waals surface area contributed by atoms with Crippen molar-refractivity contribution in [3.05, 3.63) is 87.4 Å². The van der Waals surface area contributed by atoms with Crippen molar-refractivity contribution in [2.45, 2.75) is 45.3 Å². The Bertz CT molecular complexity index is 1020. The molecule has 0 amide bonds. The van der Waals surface area contributed by atoms with Gasteiger partial charge in [0.05, 0.1) is 0 Å². The summed E-state index contributed by atoms with van der Waals surface area (Å²) in [5.41, 5.74) is 3.59. The standard InChI is InChI=1S/C26H27Cl2NO/c27-24-11-6-12-25(28)23(24)18-30-26-14-13-20-9-4-5-10-21(20)22(26)17-29-16-15-19-7-2-1-3-8-19/h4-7,9-14,29H,1-3,8,15-18H2. The van der Waals surface area contributed by atoms with Crippen molar-refractivity contribution >= 4 is 34.0 Å². The summed E-state index contributed by atoms with van der Waals surface area (Å²) in [6.45, 7) is 2.09. The molecule has 3 aromatic rings. The van der Waals surface area contributed by atoms with Crippen LogP contribution in [0.15, 0.2) is 66.2 Å². The van der Waals surface area contributed by atoms with Crippen LogP contribution in [0.2, 0.25) is 10.0 Å². The smallest absolute Gasteiger partial charge is 0.124 e. The predicted octanol–water partition coefficient (Wildman–Crippen LogP) is 7.71. The van der Waals surface area contributed by atoms with Gasteiger partial charge in [0.15, 0.2) is 0 Å². The second kappa shape index (κ2) is 10.3. The molecule has 0 aromatic heterocycles. The van der Waals surface area contributed by atoms with Crippen molar-refractivity contribution in [3.8, 4) is 5.75 Å². The minimum atomic E-state index is 0.344. The maximum atomic E-state index is 6.32. The highest BCUT2D eigenvalue weighted by molar-refractivity contribution is 6.35. The summed E-state index contributed by atoms with van der Waals surface area (Å²) in [6.07, 6.45) is 8.70. The SMILES string of the molecule is Clc1cccc(Cl)c1COc1ccc2ccccc2c1CNCCC1=CCCCC1. The fourth-order valence-electron chi connectivity index (χ4n) is 4.05. The molecule has 3 aromatic carbocycles. The molecule has 30 heavy (non-hydrogen) atoms. The molecule has 0 bridgehead atoms. The van der Waals surface area contributed by atoms with Crippen LogP contribution in [0.1, 0.15) is 43.2 Å². The molecule has 156 valence electrons. The minimum Gasteiger partial charge on any atom is -0.488 e. The number of hydrogen-bond donors (Lipinski definition) is 1. The van der Waals surface area contributed by atoms with Gasteiger partial charge in [0.2, 0.25) is 0 Å². The van der Waals surface area contributed by atoms with E-state index in [-0.39, 0.29) is 0 Å². The maximum Gasteiger partial charge on any atom is 0.124 e. The first-order valence-electron chi connectivity index (χ1n) is 10.7. The van der Waals surface area contributed by atoms with Crippen molar-refractivity contribution in [2.24, 2.45) is 0 Å². The first-order valence-corrected chi connectivity index (χ1v) is 11.4. The van der Waals surface area contributed by atoms with E-state index in [4.69, 9.17) is 27.9 Å². The lowest BCUT2D eigenvalue weighted by molar-refractivity contribution is 0.303. The largest absolute Gasteiger partial charge is 0.488 e. The predicted molar refractivity (Wildman–Crippen MR) is 128 cm³/mol. The highest BCUT2D eigenvalue weighted by Crippen LogP contribution is 2.31. The van der Waals surface area contributed by atoms with Crippen LogP contribution in [-0.2, 0) is 13.2 Å². The number of halogens is 2. The van der Waals surface area contributed by atoms with E-state index < -0.39 is 0 Å². The monoisotopic (exact) mass is 439 g/mol. The van der Waals surface area contributed by atoms with Gasteiger partial charge < -0.3 is 10.1 Å². The third-order valence-corrected chi connectivity index (χ3v) is 6.45. The van der Waals surface area contributed by atoms with Crippen molar-refractivity contribution in [2.75, 3.05) is 6.54 Å². The Hall–Kier alpha value is -2.00. The minimum absolute atomic E-state index is 0.344. The van der Waals surface area contributed by atoms with E-state index in [9.17, 15) is 0 Å². The Kier molecular flexibility index (Phi) is 7.33. The van der Waals surface area contributed by atoms with Gasteiger partial charge in [-0.15, -0.1) is 0 Å². The Balaban J connectivity index is 1.50. The maximum absolute atomic E-state index is 6.32. The van der Waals surface area contributed by atoms with Crippen LogP contribution in [0.5, 0.6) is 5.75 Å². The summed E-state index contributed by atoms with van der Waals surface area (Å²) in [7, 11) is 0. The molecule has 4 rings (SSSR count). The molecule has 0 saturated heterocycles. The van der Waals surface area contributed by atoms with Crippen LogP contribution < -0.4 is 10.1 Å². The molecule has 0 fully saturated rings. The van der Waals surface area contributed by atoms with Gasteiger partial charge in [-0.3, -0.25) is 0 Å². The van der Waals surface area contributed by atoms with Crippen molar-refractivity contribution in [1.29, 1.82) is 0 Å². The average molecular weight is 440 g/mol. The fourth-order valence-corrected chi connectivity index (χ4v) is 4.55. The first-order chi connectivity index (χ1) is 14.7. The summed E-state index contributed by atoms with van der Waals surface area (Å²) in [6, 6.07) is 18.1. The molecule has 0 radical (unpaired) electrons. The van der Waals surface area contributed by atoms with Crippen LogP contribution in [-0.4, -0.2) is 6.54 Å². The summed E-state index contributed by atoms with van der Waals surface area (Å²) >= 11 is 12.6. The normalized spacial score (nSPS) is 14.0. The molecule has 1 N–H and O–H groups in total. The van der Waals surface area contributed by atoms with Gasteiger partial charge in [0.25, 0.3) is 0 Å². The number of allylic oxidation sites excluding steroid dienone is 1. The molecule has 1 aliphatic carbocycles. The lowest BCUT2D eigenvalue weighted by Gasteiger charge is -2.17. The Morgan fingerprint density at radius 1 is 0.867 bits per heavy atom. The number of hydrogen-bond acceptors (Lipinski definition) is 2. The molecule has 0 spiro atoms. The quantitative estimate of drug-likeness (QED) is 0.286. The average Bonchev–Trinajstić information content (AvgIpc) is 2.77. The van der Waals surface area contributed by atoms with Gasteiger partial charge in [0, 0.05) is 27.7 Å². The van der Waals surface area contributed by atoms with Gasteiger partial charge in [-0.05, 0) is 67.6 Å². The lowest BCUT2D eigenvalue weighted by Crippen LogP contribution is -2.17. The van der Waals surface area contributed by atoms with Gasteiger partial charge in [0.1, 0.15) is 12.4 Å². The molecule has 4 heteroatoms. The van der Waals surface area contributed by atoms with Gasteiger partial charge in [-0.2, -0.15) is 0 Å². The molecule has 0 unspecified atom stereocenters. The molecule has 0 saturated carbocycles. The summed E-state index contributed by atoms with van der Waals surface area (Å²) in [5.74, 6) is 0.870. The molecule has 1 aliphatic rings. The first kappa shape index (κ1) is 21.2. The van der Waals surface area contributed by atoms with Crippen molar-refractivity contribution < 1.29 is 4.74 Å². The second-order valence-corrected chi connectivity index (χ2v) is 8.60. The molecule has 0 heterocycles. The van der Waals surface area contributed by atoms with E-state index in [2.05, 4.69) is 41.7 Å².